The van der Waals surface area contributed by atoms with Crippen LogP contribution < -0.4 is 16.0 Å². The molecule has 0 aliphatic carbocycles. The highest BCUT2D eigenvalue weighted by Crippen LogP contribution is 2.13. The van der Waals surface area contributed by atoms with E-state index in [9.17, 15) is 19.2 Å². The lowest BCUT2D eigenvalue weighted by atomic mass is 10.1. The van der Waals surface area contributed by atoms with Gasteiger partial charge in [-0.2, -0.15) is 0 Å². The Morgan fingerprint density at radius 3 is 2.58 bits per heavy atom. The number of esters is 1. The van der Waals surface area contributed by atoms with Gasteiger partial charge in [-0.25, -0.2) is 0 Å². The first kappa shape index (κ1) is 24.3. The first-order chi connectivity index (χ1) is 14.9. The minimum absolute atomic E-state index is 0.0294. The average Bonchev–Trinajstić information content (AvgIpc) is 2.75. The van der Waals surface area contributed by atoms with Crippen molar-refractivity contribution < 1.29 is 23.9 Å². The first-order valence-corrected chi connectivity index (χ1v) is 10.8. The van der Waals surface area contributed by atoms with Crippen molar-refractivity contribution in [1.82, 2.24) is 15.5 Å². The summed E-state index contributed by atoms with van der Waals surface area (Å²) in [6.45, 7) is 5.72. The van der Waals surface area contributed by atoms with Gasteiger partial charge in [-0.05, 0) is 37.1 Å². The topological polar surface area (TPSA) is 117 Å². The minimum atomic E-state index is -0.738. The van der Waals surface area contributed by atoms with Gasteiger partial charge >= 0.3 is 5.97 Å². The fourth-order valence-corrected chi connectivity index (χ4v) is 3.18. The summed E-state index contributed by atoms with van der Waals surface area (Å²) in [7, 11) is 0. The van der Waals surface area contributed by atoms with Crippen LogP contribution in [0, 0.1) is 0 Å². The summed E-state index contributed by atoms with van der Waals surface area (Å²) < 4.78 is 5.07. The molecule has 1 saturated heterocycles. The van der Waals surface area contributed by atoms with Crippen LogP contribution >= 0.6 is 0 Å². The van der Waals surface area contributed by atoms with Gasteiger partial charge in [-0.3, -0.25) is 24.1 Å². The van der Waals surface area contributed by atoms with Crippen molar-refractivity contribution in [1.29, 1.82) is 0 Å². The third kappa shape index (κ3) is 8.01. The molecule has 2 rings (SSSR count). The van der Waals surface area contributed by atoms with E-state index in [1.807, 2.05) is 6.92 Å². The van der Waals surface area contributed by atoms with Gasteiger partial charge in [0, 0.05) is 30.9 Å². The Bertz CT molecular complexity index is 766. The van der Waals surface area contributed by atoms with Gasteiger partial charge in [0.15, 0.2) is 0 Å². The fourth-order valence-electron chi connectivity index (χ4n) is 3.18. The van der Waals surface area contributed by atoms with E-state index in [1.165, 1.54) is 0 Å². The number of hydrogen-bond donors (Lipinski definition) is 3. The Morgan fingerprint density at radius 2 is 1.90 bits per heavy atom. The Morgan fingerprint density at radius 1 is 1.16 bits per heavy atom. The molecule has 1 aliphatic rings. The summed E-state index contributed by atoms with van der Waals surface area (Å²) in [5.41, 5.74) is 1.07. The van der Waals surface area contributed by atoms with Crippen LogP contribution in [0.4, 0.5) is 5.69 Å². The summed E-state index contributed by atoms with van der Waals surface area (Å²) in [5, 5.41) is 8.34. The number of unbranched alkanes of at least 4 members (excludes halogenated alkanes) is 1. The smallest absolute Gasteiger partial charge is 0.307 e. The largest absolute Gasteiger partial charge is 0.466 e. The van der Waals surface area contributed by atoms with Crippen LogP contribution in [0.1, 0.15) is 49.9 Å². The summed E-state index contributed by atoms with van der Waals surface area (Å²) in [4.78, 5) is 50.4. The predicted molar refractivity (Wildman–Crippen MR) is 117 cm³/mol. The van der Waals surface area contributed by atoms with Crippen molar-refractivity contribution in [3.63, 3.8) is 0 Å². The molecule has 1 atom stereocenters. The van der Waals surface area contributed by atoms with Gasteiger partial charge in [0.1, 0.15) is 6.04 Å². The second-order valence-corrected chi connectivity index (χ2v) is 7.44. The zero-order valence-corrected chi connectivity index (χ0v) is 18.2. The van der Waals surface area contributed by atoms with Gasteiger partial charge in [0.2, 0.25) is 11.8 Å². The second-order valence-electron chi connectivity index (χ2n) is 7.44. The highest BCUT2D eigenvalue weighted by Gasteiger charge is 2.33. The molecule has 1 aliphatic heterocycles. The number of carbonyl (C=O) groups is 4. The molecule has 1 heterocycles. The molecule has 0 saturated carbocycles. The van der Waals surface area contributed by atoms with Crippen molar-refractivity contribution in [3.05, 3.63) is 29.8 Å². The van der Waals surface area contributed by atoms with Crippen molar-refractivity contribution in [2.75, 3.05) is 38.1 Å². The number of piperazine rings is 1. The molecule has 9 heteroatoms. The number of benzene rings is 1. The zero-order valence-electron chi connectivity index (χ0n) is 18.2. The SMILES string of the molecule is CCCCNC(=O)c1ccc(NC(=O)CN2CCNC(=O)C2CC(=O)OCCC)cc1. The van der Waals surface area contributed by atoms with Crippen molar-refractivity contribution in [3.8, 4) is 0 Å². The van der Waals surface area contributed by atoms with E-state index >= 15 is 0 Å². The standard InChI is InChI=1S/C22H32N4O5/c1-3-5-10-23-21(29)16-6-8-17(9-7-16)25-19(27)15-26-12-11-24-22(30)18(26)14-20(28)31-13-4-2/h6-9,18H,3-5,10-15H2,1-2H3,(H,23,29)(H,24,30)(H,25,27). The lowest BCUT2D eigenvalue weighted by Gasteiger charge is -2.33. The third-order valence-corrected chi connectivity index (χ3v) is 4.86. The molecule has 0 spiro atoms. The van der Waals surface area contributed by atoms with Crippen LogP contribution in [0.5, 0.6) is 0 Å². The van der Waals surface area contributed by atoms with E-state index in [0.717, 1.165) is 12.8 Å². The first-order valence-electron chi connectivity index (χ1n) is 10.8. The second kappa shape index (κ2) is 12.7. The number of nitrogens with zero attached hydrogens (tertiary/aromatic N) is 1. The molecule has 170 valence electrons. The Hall–Kier alpha value is -2.94. The van der Waals surface area contributed by atoms with Crippen molar-refractivity contribution >= 4 is 29.4 Å². The number of ether oxygens (including phenoxy) is 1. The lowest BCUT2D eigenvalue weighted by Crippen LogP contribution is -2.57. The molecular formula is C22H32N4O5. The van der Waals surface area contributed by atoms with Gasteiger partial charge in [0.05, 0.1) is 19.6 Å². The van der Waals surface area contributed by atoms with Crippen LogP contribution in [0.15, 0.2) is 24.3 Å². The van der Waals surface area contributed by atoms with E-state index in [4.69, 9.17) is 4.74 Å². The Labute approximate surface area is 182 Å². The maximum atomic E-state index is 12.5. The van der Waals surface area contributed by atoms with Gasteiger partial charge in [-0.1, -0.05) is 20.3 Å². The van der Waals surface area contributed by atoms with Crippen LogP contribution in [0.3, 0.4) is 0 Å². The van der Waals surface area contributed by atoms with Gasteiger partial charge in [-0.15, -0.1) is 0 Å². The summed E-state index contributed by atoms with van der Waals surface area (Å²) in [6, 6.07) is 5.89. The van der Waals surface area contributed by atoms with Crippen molar-refractivity contribution in [2.45, 2.75) is 45.6 Å². The molecule has 31 heavy (non-hydrogen) atoms. The molecule has 1 aromatic rings. The van der Waals surface area contributed by atoms with Crippen molar-refractivity contribution in [2.24, 2.45) is 0 Å². The number of amides is 3. The maximum Gasteiger partial charge on any atom is 0.307 e. The number of rotatable bonds is 11. The monoisotopic (exact) mass is 432 g/mol. The summed E-state index contributed by atoms with van der Waals surface area (Å²) in [5.74, 6) is -1.20. The quantitative estimate of drug-likeness (QED) is 0.358. The number of carbonyl (C=O) groups excluding carboxylic acids is 4. The molecule has 1 unspecified atom stereocenters. The molecule has 0 aromatic heterocycles. The van der Waals surface area contributed by atoms with E-state index in [-0.39, 0.29) is 30.7 Å². The summed E-state index contributed by atoms with van der Waals surface area (Å²) in [6.07, 6.45) is 2.53. The molecule has 3 amide bonds. The minimum Gasteiger partial charge on any atom is -0.466 e. The van der Waals surface area contributed by atoms with E-state index < -0.39 is 12.0 Å². The molecule has 9 nitrogen and oxygen atoms in total. The molecule has 1 fully saturated rings. The van der Waals surface area contributed by atoms with Crippen LogP contribution in [-0.4, -0.2) is 67.4 Å². The molecule has 3 N–H and O–H groups in total. The lowest BCUT2D eigenvalue weighted by molar-refractivity contribution is -0.148. The van der Waals surface area contributed by atoms with Crippen LogP contribution in [0.25, 0.3) is 0 Å². The Balaban J connectivity index is 1.90. The van der Waals surface area contributed by atoms with Crippen LogP contribution in [0.2, 0.25) is 0 Å². The average molecular weight is 433 g/mol. The van der Waals surface area contributed by atoms with E-state index in [2.05, 4.69) is 22.9 Å². The highest BCUT2D eigenvalue weighted by atomic mass is 16.5. The molecule has 0 radical (unpaired) electrons. The van der Waals surface area contributed by atoms with E-state index in [1.54, 1.807) is 29.2 Å². The van der Waals surface area contributed by atoms with E-state index in [0.29, 0.717) is 43.9 Å². The molecular weight excluding hydrogens is 400 g/mol. The highest BCUT2D eigenvalue weighted by molar-refractivity contribution is 5.96. The van der Waals surface area contributed by atoms with Crippen LogP contribution in [-0.2, 0) is 19.1 Å². The number of nitrogens with one attached hydrogen (secondary N) is 3. The number of hydrogen-bond acceptors (Lipinski definition) is 6. The molecule has 1 aromatic carbocycles. The molecule has 0 bridgehead atoms. The predicted octanol–water partition coefficient (Wildman–Crippen LogP) is 1.30. The maximum absolute atomic E-state index is 12.5. The zero-order chi connectivity index (χ0) is 22.6. The van der Waals surface area contributed by atoms with Gasteiger partial charge < -0.3 is 20.7 Å². The summed E-state index contributed by atoms with van der Waals surface area (Å²) >= 11 is 0. The fraction of sp³-hybridized carbons (Fsp3) is 0.545. The normalized spacial score (nSPS) is 16.3. The number of anilines is 1. The van der Waals surface area contributed by atoms with Gasteiger partial charge in [0.25, 0.3) is 5.91 Å². The third-order valence-electron chi connectivity index (χ3n) is 4.86. The Kier molecular flexibility index (Phi) is 9.96.